The Morgan fingerprint density at radius 1 is 1.19 bits per heavy atom. The number of hydrogen-bond donors (Lipinski definition) is 1. The van der Waals surface area contributed by atoms with Gasteiger partial charge in [-0.1, -0.05) is 6.92 Å². The first-order valence-corrected chi connectivity index (χ1v) is 9.58. The van der Waals surface area contributed by atoms with Crippen LogP contribution in [0.5, 0.6) is 0 Å². The van der Waals surface area contributed by atoms with E-state index in [-0.39, 0.29) is 5.75 Å². The van der Waals surface area contributed by atoms with Gasteiger partial charge in [-0.2, -0.15) is 0 Å². The van der Waals surface area contributed by atoms with E-state index < -0.39 is 9.84 Å². The van der Waals surface area contributed by atoms with Gasteiger partial charge < -0.3 is 10.2 Å². The lowest BCUT2D eigenvalue weighted by molar-refractivity contribution is 0.578. The van der Waals surface area contributed by atoms with Crippen LogP contribution < -0.4 is 10.2 Å². The second-order valence-corrected chi connectivity index (χ2v) is 8.35. The minimum atomic E-state index is -3.10. The van der Waals surface area contributed by atoms with Gasteiger partial charge in [0.25, 0.3) is 0 Å². The average molecular weight is 308 g/mol. The third-order valence-electron chi connectivity index (χ3n) is 4.47. The van der Waals surface area contributed by atoms with Gasteiger partial charge in [0, 0.05) is 24.3 Å². The number of nitrogens with one attached hydrogen (secondary N) is 1. The van der Waals surface area contributed by atoms with E-state index in [0.29, 0.717) is 17.0 Å². The Hall–Kier alpha value is -1.07. The fraction of sp³-hybridized carbons (Fsp3) is 0.625. The quantitative estimate of drug-likeness (QED) is 0.875. The fourth-order valence-corrected chi connectivity index (χ4v) is 3.90. The van der Waals surface area contributed by atoms with E-state index in [0.717, 1.165) is 18.8 Å². The largest absolute Gasteiger partial charge is 0.367 e. The van der Waals surface area contributed by atoms with Crippen LogP contribution in [0.1, 0.15) is 32.6 Å². The summed E-state index contributed by atoms with van der Waals surface area (Å²) >= 11 is 0. The van der Waals surface area contributed by atoms with Crippen molar-refractivity contribution in [3.05, 3.63) is 24.3 Å². The Bertz CT molecular complexity index is 573. The van der Waals surface area contributed by atoms with Crippen molar-refractivity contribution in [2.45, 2.75) is 49.6 Å². The Balaban J connectivity index is 1.76. The molecule has 1 saturated carbocycles. The van der Waals surface area contributed by atoms with Crippen molar-refractivity contribution in [2.75, 3.05) is 23.7 Å². The van der Waals surface area contributed by atoms with Crippen LogP contribution in [-0.2, 0) is 9.84 Å². The highest BCUT2D eigenvalue weighted by atomic mass is 32.2. The zero-order valence-corrected chi connectivity index (χ0v) is 13.4. The molecule has 1 unspecified atom stereocenters. The number of benzene rings is 1. The van der Waals surface area contributed by atoms with Crippen LogP contribution in [0.2, 0.25) is 0 Å². The summed E-state index contributed by atoms with van der Waals surface area (Å²) in [7, 11) is -3.10. The minimum absolute atomic E-state index is 0.157. The van der Waals surface area contributed by atoms with Crippen LogP contribution in [0.4, 0.5) is 5.69 Å². The molecule has 5 heteroatoms. The van der Waals surface area contributed by atoms with Gasteiger partial charge in [-0.25, -0.2) is 8.42 Å². The molecule has 116 valence electrons. The first-order chi connectivity index (χ1) is 10.1. The Morgan fingerprint density at radius 2 is 1.90 bits per heavy atom. The van der Waals surface area contributed by atoms with Crippen molar-refractivity contribution in [3.8, 4) is 0 Å². The van der Waals surface area contributed by atoms with Crippen LogP contribution >= 0.6 is 0 Å². The van der Waals surface area contributed by atoms with Crippen molar-refractivity contribution in [3.63, 3.8) is 0 Å². The molecule has 1 saturated heterocycles. The lowest BCUT2D eigenvalue weighted by Crippen LogP contribution is -2.38. The van der Waals surface area contributed by atoms with E-state index in [1.807, 2.05) is 12.1 Å². The lowest BCUT2D eigenvalue weighted by atomic mass is 10.2. The SMILES string of the molecule is CCS(=O)(=O)c1ccc(N(CC2CCCN2)C2CC2)cc1. The van der Waals surface area contributed by atoms with E-state index in [1.165, 1.54) is 25.7 Å². The predicted octanol–water partition coefficient (Wildman–Crippen LogP) is 2.20. The molecule has 1 aromatic rings. The summed E-state index contributed by atoms with van der Waals surface area (Å²) in [6.45, 7) is 3.84. The summed E-state index contributed by atoms with van der Waals surface area (Å²) in [6, 6.07) is 8.66. The first kappa shape index (κ1) is 14.9. The molecule has 0 spiro atoms. The molecular formula is C16H24N2O2S. The van der Waals surface area contributed by atoms with Gasteiger partial charge in [0.15, 0.2) is 9.84 Å². The summed E-state index contributed by atoms with van der Waals surface area (Å²) in [5.41, 5.74) is 1.15. The number of anilines is 1. The molecule has 1 N–H and O–H groups in total. The van der Waals surface area contributed by atoms with Gasteiger partial charge in [-0.05, 0) is 56.5 Å². The third-order valence-corrected chi connectivity index (χ3v) is 6.23. The van der Waals surface area contributed by atoms with Crippen molar-refractivity contribution < 1.29 is 8.42 Å². The fourth-order valence-electron chi connectivity index (χ4n) is 3.01. The van der Waals surface area contributed by atoms with Crippen LogP contribution in [0, 0.1) is 0 Å². The van der Waals surface area contributed by atoms with E-state index in [9.17, 15) is 8.42 Å². The maximum Gasteiger partial charge on any atom is 0.178 e. The summed E-state index contributed by atoms with van der Waals surface area (Å²) in [4.78, 5) is 2.88. The second kappa shape index (κ2) is 5.97. The summed E-state index contributed by atoms with van der Waals surface area (Å²) in [5, 5.41) is 3.55. The van der Waals surface area contributed by atoms with Crippen LogP contribution in [0.15, 0.2) is 29.2 Å². The molecule has 3 rings (SSSR count). The standard InChI is InChI=1S/C16H24N2O2S/c1-2-21(19,20)16-9-7-15(8-10-16)18(14-5-6-14)12-13-4-3-11-17-13/h7-10,13-14,17H,2-6,11-12H2,1H3. The van der Waals surface area contributed by atoms with E-state index >= 15 is 0 Å². The highest BCUT2D eigenvalue weighted by Crippen LogP contribution is 2.32. The van der Waals surface area contributed by atoms with Crippen molar-refractivity contribution in [1.29, 1.82) is 0 Å². The van der Waals surface area contributed by atoms with Crippen molar-refractivity contribution >= 4 is 15.5 Å². The maximum atomic E-state index is 11.9. The minimum Gasteiger partial charge on any atom is -0.367 e. The van der Waals surface area contributed by atoms with E-state index in [2.05, 4.69) is 10.2 Å². The summed E-state index contributed by atoms with van der Waals surface area (Å²) in [5.74, 6) is 0.157. The number of sulfone groups is 1. The number of rotatable bonds is 6. The molecular weight excluding hydrogens is 284 g/mol. The second-order valence-electron chi connectivity index (χ2n) is 6.07. The van der Waals surface area contributed by atoms with Crippen LogP contribution in [0.3, 0.4) is 0 Å². The van der Waals surface area contributed by atoms with Crippen LogP contribution in [-0.4, -0.2) is 39.3 Å². The summed E-state index contributed by atoms with van der Waals surface area (Å²) < 4.78 is 23.8. The molecule has 2 fully saturated rings. The average Bonchev–Trinajstić information content (AvgIpc) is 3.21. The summed E-state index contributed by atoms with van der Waals surface area (Å²) in [6.07, 6.45) is 5.01. The predicted molar refractivity (Wildman–Crippen MR) is 85.6 cm³/mol. The van der Waals surface area contributed by atoms with Gasteiger partial charge in [-0.15, -0.1) is 0 Å². The topological polar surface area (TPSA) is 49.4 Å². The number of hydrogen-bond acceptors (Lipinski definition) is 4. The number of nitrogens with zero attached hydrogens (tertiary/aromatic N) is 1. The van der Waals surface area contributed by atoms with Gasteiger partial charge in [0.2, 0.25) is 0 Å². The normalized spacial score (nSPS) is 22.4. The third kappa shape index (κ3) is 3.40. The van der Waals surface area contributed by atoms with Gasteiger partial charge >= 0.3 is 0 Å². The van der Waals surface area contributed by atoms with Gasteiger partial charge in [0.05, 0.1) is 10.6 Å². The molecule has 1 aromatic carbocycles. The zero-order chi connectivity index (χ0) is 14.9. The Morgan fingerprint density at radius 3 is 2.43 bits per heavy atom. The molecule has 1 aliphatic heterocycles. The van der Waals surface area contributed by atoms with Crippen molar-refractivity contribution in [1.82, 2.24) is 5.32 Å². The zero-order valence-electron chi connectivity index (χ0n) is 12.6. The Kier molecular flexibility index (Phi) is 4.22. The first-order valence-electron chi connectivity index (χ1n) is 7.93. The smallest absolute Gasteiger partial charge is 0.178 e. The highest BCUT2D eigenvalue weighted by molar-refractivity contribution is 7.91. The molecule has 0 aromatic heterocycles. The van der Waals surface area contributed by atoms with E-state index in [4.69, 9.17) is 0 Å². The molecule has 1 aliphatic carbocycles. The van der Waals surface area contributed by atoms with Crippen molar-refractivity contribution in [2.24, 2.45) is 0 Å². The maximum absolute atomic E-state index is 11.9. The van der Waals surface area contributed by atoms with Gasteiger partial charge in [0.1, 0.15) is 0 Å². The highest BCUT2D eigenvalue weighted by Gasteiger charge is 2.31. The van der Waals surface area contributed by atoms with Gasteiger partial charge in [-0.3, -0.25) is 0 Å². The molecule has 0 amide bonds. The molecule has 4 nitrogen and oxygen atoms in total. The molecule has 0 radical (unpaired) electrons. The van der Waals surface area contributed by atoms with E-state index in [1.54, 1.807) is 19.1 Å². The molecule has 0 bridgehead atoms. The van der Waals surface area contributed by atoms with Crippen LogP contribution in [0.25, 0.3) is 0 Å². The monoisotopic (exact) mass is 308 g/mol. The molecule has 21 heavy (non-hydrogen) atoms. The molecule has 1 heterocycles. The lowest BCUT2D eigenvalue weighted by Gasteiger charge is -2.28. The Labute approximate surface area is 127 Å². The molecule has 1 atom stereocenters. The molecule has 2 aliphatic rings.